The molecule has 0 aliphatic heterocycles. The van der Waals surface area contributed by atoms with E-state index in [-0.39, 0.29) is 0 Å². The van der Waals surface area contributed by atoms with Crippen LogP contribution < -0.4 is 15.5 Å². The van der Waals surface area contributed by atoms with E-state index in [0.29, 0.717) is 11.1 Å². The quantitative estimate of drug-likeness (QED) is 0.802. The van der Waals surface area contributed by atoms with E-state index in [2.05, 4.69) is 36.5 Å². The van der Waals surface area contributed by atoms with Gasteiger partial charge in [0.1, 0.15) is 0 Å². The standard InChI is InChI=1S/C9H14BrN5S/c1-11-9(16)12-3-4-15(2)8-13-5-7(10)6-14-8/h5-6H,3-4H2,1-2H3,(H2,11,12,16). The summed E-state index contributed by atoms with van der Waals surface area (Å²) in [7, 11) is 3.73. The van der Waals surface area contributed by atoms with Crippen LogP contribution in [0.25, 0.3) is 0 Å². The van der Waals surface area contributed by atoms with Gasteiger partial charge in [-0.1, -0.05) is 0 Å². The maximum absolute atomic E-state index is 4.96. The zero-order valence-corrected chi connectivity index (χ0v) is 11.6. The second-order valence-corrected chi connectivity index (χ2v) is 4.45. The lowest BCUT2D eigenvalue weighted by molar-refractivity contribution is 0.791. The third kappa shape index (κ3) is 4.28. The third-order valence-corrected chi connectivity index (χ3v) is 2.67. The molecule has 0 amide bonds. The van der Waals surface area contributed by atoms with Crippen LogP contribution in [0.2, 0.25) is 0 Å². The highest BCUT2D eigenvalue weighted by Gasteiger charge is 2.03. The average Bonchev–Trinajstić information content (AvgIpc) is 2.29. The second-order valence-electron chi connectivity index (χ2n) is 3.13. The number of halogens is 1. The topological polar surface area (TPSA) is 53.1 Å². The zero-order valence-electron chi connectivity index (χ0n) is 9.20. The molecule has 0 fully saturated rings. The van der Waals surface area contributed by atoms with Crippen molar-refractivity contribution in [2.24, 2.45) is 0 Å². The van der Waals surface area contributed by atoms with Gasteiger partial charge in [-0.25, -0.2) is 9.97 Å². The van der Waals surface area contributed by atoms with Gasteiger partial charge < -0.3 is 15.5 Å². The van der Waals surface area contributed by atoms with E-state index in [0.717, 1.165) is 17.6 Å². The maximum atomic E-state index is 4.96. The van der Waals surface area contributed by atoms with Crippen molar-refractivity contribution in [1.82, 2.24) is 20.6 Å². The van der Waals surface area contributed by atoms with Crippen molar-refractivity contribution in [2.75, 3.05) is 32.1 Å². The Morgan fingerprint density at radius 3 is 2.69 bits per heavy atom. The molecule has 7 heteroatoms. The largest absolute Gasteiger partial charge is 0.366 e. The summed E-state index contributed by atoms with van der Waals surface area (Å²) in [6.07, 6.45) is 3.45. The van der Waals surface area contributed by atoms with Crippen molar-refractivity contribution in [2.45, 2.75) is 0 Å². The first kappa shape index (κ1) is 13.1. The van der Waals surface area contributed by atoms with Crippen LogP contribution in [-0.4, -0.2) is 42.3 Å². The summed E-state index contributed by atoms with van der Waals surface area (Å²) in [5, 5.41) is 6.55. The Bertz CT molecular complexity index is 342. The second kappa shape index (κ2) is 6.59. The molecule has 0 saturated heterocycles. The molecule has 0 atom stereocenters. The maximum Gasteiger partial charge on any atom is 0.225 e. The summed E-state index contributed by atoms with van der Waals surface area (Å²) < 4.78 is 0.874. The molecule has 0 spiro atoms. The Labute approximate surface area is 109 Å². The van der Waals surface area contributed by atoms with E-state index >= 15 is 0 Å². The lowest BCUT2D eigenvalue weighted by atomic mass is 10.5. The molecule has 0 bridgehead atoms. The summed E-state index contributed by atoms with van der Waals surface area (Å²) >= 11 is 8.26. The van der Waals surface area contributed by atoms with E-state index in [9.17, 15) is 0 Å². The van der Waals surface area contributed by atoms with Gasteiger partial charge in [0, 0.05) is 39.6 Å². The first-order valence-corrected chi connectivity index (χ1v) is 5.98. The highest BCUT2D eigenvalue weighted by atomic mass is 79.9. The van der Waals surface area contributed by atoms with Crippen molar-refractivity contribution in [3.63, 3.8) is 0 Å². The van der Waals surface area contributed by atoms with Crippen LogP contribution in [0, 0.1) is 0 Å². The van der Waals surface area contributed by atoms with Crippen LogP contribution in [0.1, 0.15) is 0 Å². The van der Waals surface area contributed by atoms with Gasteiger partial charge in [-0.2, -0.15) is 0 Å². The number of aromatic nitrogens is 2. The first-order chi connectivity index (χ1) is 7.63. The third-order valence-electron chi connectivity index (χ3n) is 1.91. The molecule has 0 aliphatic carbocycles. The molecule has 1 heterocycles. The number of nitrogens with zero attached hydrogens (tertiary/aromatic N) is 3. The molecule has 0 aliphatic rings. The van der Waals surface area contributed by atoms with E-state index < -0.39 is 0 Å². The zero-order chi connectivity index (χ0) is 12.0. The van der Waals surface area contributed by atoms with Gasteiger partial charge in [-0.15, -0.1) is 0 Å². The van der Waals surface area contributed by atoms with Crippen LogP contribution in [-0.2, 0) is 0 Å². The summed E-state index contributed by atoms with van der Waals surface area (Å²) in [4.78, 5) is 10.3. The van der Waals surface area contributed by atoms with Crippen LogP contribution >= 0.6 is 28.1 Å². The molecule has 88 valence electrons. The van der Waals surface area contributed by atoms with Crippen LogP contribution in [0.3, 0.4) is 0 Å². The van der Waals surface area contributed by atoms with Crippen LogP contribution in [0.4, 0.5) is 5.95 Å². The Kier molecular flexibility index (Phi) is 5.41. The van der Waals surface area contributed by atoms with Gasteiger partial charge in [0.2, 0.25) is 5.95 Å². The molecular formula is C9H14BrN5S. The van der Waals surface area contributed by atoms with Crippen molar-refractivity contribution in [3.8, 4) is 0 Å². The Morgan fingerprint density at radius 2 is 2.12 bits per heavy atom. The smallest absolute Gasteiger partial charge is 0.225 e. The minimum atomic E-state index is 0.644. The number of thiocarbonyl (C=S) groups is 1. The van der Waals surface area contributed by atoms with Gasteiger partial charge in [0.15, 0.2) is 5.11 Å². The van der Waals surface area contributed by atoms with E-state index in [1.54, 1.807) is 19.4 Å². The number of rotatable bonds is 4. The highest BCUT2D eigenvalue weighted by Crippen LogP contribution is 2.08. The van der Waals surface area contributed by atoms with Gasteiger partial charge in [-0.3, -0.25) is 0 Å². The van der Waals surface area contributed by atoms with E-state index in [1.165, 1.54) is 0 Å². The average molecular weight is 304 g/mol. The van der Waals surface area contributed by atoms with Crippen molar-refractivity contribution >= 4 is 39.2 Å². The van der Waals surface area contributed by atoms with Crippen LogP contribution in [0.5, 0.6) is 0 Å². The Balaban J connectivity index is 2.37. The minimum absolute atomic E-state index is 0.644. The summed E-state index contributed by atoms with van der Waals surface area (Å²) in [5.74, 6) is 0.695. The fraction of sp³-hybridized carbons (Fsp3) is 0.444. The number of hydrogen-bond donors (Lipinski definition) is 2. The Morgan fingerprint density at radius 1 is 1.50 bits per heavy atom. The van der Waals surface area contributed by atoms with Crippen molar-refractivity contribution < 1.29 is 0 Å². The van der Waals surface area contributed by atoms with Gasteiger partial charge in [-0.05, 0) is 28.1 Å². The van der Waals surface area contributed by atoms with Crippen molar-refractivity contribution in [3.05, 3.63) is 16.9 Å². The molecule has 0 aromatic carbocycles. The van der Waals surface area contributed by atoms with Gasteiger partial charge >= 0.3 is 0 Å². The summed E-state index contributed by atoms with van der Waals surface area (Å²) in [6, 6.07) is 0. The normalized spacial score (nSPS) is 9.69. The summed E-state index contributed by atoms with van der Waals surface area (Å²) in [5.41, 5.74) is 0. The Hall–Kier alpha value is -0.950. The fourth-order valence-electron chi connectivity index (χ4n) is 1.03. The SMILES string of the molecule is CNC(=S)NCCN(C)c1ncc(Br)cn1. The molecule has 5 nitrogen and oxygen atoms in total. The monoisotopic (exact) mass is 303 g/mol. The fourth-order valence-corrected chi connectivity index (χ4v) is 1.33. The highest BCUT2D eigenvalue weighted by molar-refractivity contribution is 9.10. The predicted molar refractivity (Wildman–Crippen MR) is 72.7 cm³/mol. The molecule has 0 unspecified atom stereocenters. The number of nitrogens with one attached hydrogen (secondary N) is 2. The number of likely N-dealkylation sites (N-methyl/N-ethyl adjacent to an activating group) is 1. The molecule has 2 N–H and O–H groups in total. The van der Waals surface area contributed by atoms with Crippen LogP contribution in [0.15, 0.2) is 16.9 Å². The molecule has 0 saturated carbocycles. The molecule has 1 rings (SSSR count). The molecule has 1 aromatic heterocycles. The lowest BCUT2D eigenvalue weighted by Crippen LogP contribution is -2.38. The predicted octanol–water partition coefficient (Wildman–Crippen LogP) is 0.769. The number of anilines is 1. The van der Waals surface area contributed by atoms with Crippen molar-refractivity contribution in [1.29, 1.82) is 0 Å². The molecule has 16 heavy (non-hydrogen) atoms. The molecular weight excluding hydrogens is 290 g/mol. The van der Waals surface area contributed by atoms with Gasteiger partial charge in [0.05, 0.1) is 4.47 Å². The van der Waals surface area contributed by atoms with E-state index in [4.69, 9.17) is 12.2 Å². The first-order valence-electron chi connectivity index (χ1n) is 4.77. The van der Waals surface area contributed by atoms with Gasteiger partial charge in [0.25, 0.3) is 0 Å². The molecule has 0 radical (unpaired) electrons. The summed E-state index contributed by atoms with van der Waals surface area (Å²) in [6.45, 7) is 1.53. The number of hydrogen-bond acceptors (Lipinski definition) is 4. The lowest BCUT2D eigenvalue weighted by Gasteiger charge is -2.17. The minimum Gasteiger partial charge on any atom is -0.366 e. The molecule has 1 aromatic rings. The van der Waals surface area contributed by atoms with E-state index in [1.807, 2.05) is 11.9 Å².